The van der Waals surface area contributed by atoms with E-state index in [0.29, 0.717) is 16.5 Å². The van der Waals surface area contributed by atoms with E-state index in [4.69, 9.17) is 16.3 Å². The van der Waals surface area contributed by atoms with Crippen molar-refractivity contribution < 1.29 is 19.1 Å². The van der Waals surface area contributed by atoms with Crippen molar-refractivity contribution in [3.8, 4) is 5.75 Å². The highest BCUT2D eigenvalue weighted by molar-refractivity contribution is 6.32. The molecule has 0 aromatic heterocycles. The monoisotopic (exact) mass is 297 g/mol. The Hall–Kier alpha value is -2.28. The first-order valence-corrected chi connectivity index (χ1v) is 6.12. The zero-order valence-electron chi connectivity index (χ0n) is 10.5. The smallest absolute Gasteiger partial charge is 0.251 e. The van der Waals surface area contributed by atoms with Crippen molar-refractivity contribution in [3.05, 3.63) is 23.2 Å². The van der Waals surface area contributed by atoms with E-state index < -0.39 is 23.6 Å². The van der Waals surface area contributed by atoms with Crippen LogP contribution in [0, 0.1) is 5.92 Å². The number of hydrazine groups is 1. The summed E-state index contributed by atoms with van der Waals surface area (Å²) in [6.07, 6.45) is -0.235. The molecule has 1 saturated heterocycles. The number of nitrogens with one attached hydrogen (secondary N) is 3. The minimum atomic E-state index is -1.01. The maximum Gasteiger partial charge on any atom is 0.251 e. The summed E-state index contributed by atoms with van der Waals surface area (Å²) < 4.78 is 4.99. The lowest BCUT2D eigenvalue weighted by Gasteiger charge is -2.09. The van der Waals surface area contributed by atoms with Crippen LogP contribution in [0.1, 0.15) is 6.42 Å². The van der Waals surface area contributed by atoms with E-state index in [2.05, 4.69) is 16.2 Å². The first-order valence-electron chi connectivity index (χ1n) is 5.74. The van der Waals surface area contributed by atoms with Crippen LogP contribution in [0.15, 0.2) is 18.2 Å². The van der Waals surface area contributed by atoms with Gasteiger partial charge in [0.2, 0.25) is 5.91 Å². The van der Waals surface area contributed by atoms with Gasteiger partial charge in [-0.15, -0.1) is 0 Å². The number of ether oxygens (including phenoxy) is 1. The molecule has 1 aromatic carbocycles. The second-order valence-electron chi connectivity index (χ2n) is 4.13. The number of rotatable bonds is 4. The quantitative estimate of drug-likeness (QED) is 0.703. The van der Waals surface area contributed by atoms with Gasteiger partial charge in [-0.1, -0.05) is 11.6 Å². The molecule has 0 aliphatic carbocycles. The Labute approximate surface area is 119 Å². The van der Waals surface area contributed by atoms with Crippen LogP contribution in [0.5, 0.6) is 5.75 Å². The van der Waals surface area contributed by atoms with E-state index in [1.165, 1.54) is 13.2 Å². The maximum atomic E-state index is 11.8. The molecule has 20 heavy (non-hydrogen) atoms. The molecule has 7 nitrogen and oxygen atoms in total. The van der Waals surface area contributed by atoms with Gasteiger partial charge >= 0.3 is 0 Å². The van der Waals surface area contributed by atoms with Gasteiger partial charge in [0, 0.05) is 12.1 Å². The van der Waals surface area contributed by atoms with Crippen molar-refractivity contribution in [1.29, 1.82) is 0 Å². The molecule has 1 aromatic rings. The molecule has 8 heteroatoms. The van der Waals surface area contributed by atoms with Gasteiger partial charge in [0.05, 0.1) is 12.1 Å². The lowest BCUT2D eigenvalue weighted by atomic mass is 10.1. The van der Waals surface area contributed by atoms with Crippen molar-refractivity contribution >= 4 is 35.0 Å². The van der Waals surface area contributed by atoms with Crippen LogP contribution in [0.4, 0.5) is 5.69 Å². The Balaban J connectivity index is 1.99. The fourth-order valence-corrected chi connectivity index (χ4v) is 2.00. The minimum absolute atomic E-state index is 0.235. The molecular weight excluding hydrogens is 286 g/mol. The average molecular weight is 298 g/mol. The predicted molar refractivity (Wildman–Crippen MR) is 71.0 cm³/mol. The first-order chi connectivity index (χ1) is 9.51. The summed E-state index contributed by atoms with van der Waals surface area (Å²) in [5.41, 5.74) is 4.77. The second-order valence-corrected chi connectivity index (χ2v) is 4.54. The van der Waals surface area contributed by atoms with E-state index in [1.807, 2.05) is 0 Å². The molecule has 2 rings (SSSR count). The predicted octanol–water partition coefficient (Wildman–Crippen LogP) is 0.454. The SMILES string of the molecule is COc1ccc(NC(=O)CC2C(=O)NNC2=O)cc1Cl. The highest BCUT2D eigenvalue weighted by atomic mass is 35.5. The topological polar surface area (TPSA) is 96.5 Å². The van der Waals surface area contributed by atoms with Gasteiger partial charge in [-0.25, -0.2) is 0 Å². The van der Waals surface area contributed by atoms with E-state index in [9.17, 15) is 14.4 Å². The number of halogens is 1. The molecule has 0 saturated carbocycles. The zero-order chi connectivity index (χ0) is 14.7. The molecule has 1 heterocycles. The first kappa shape index (κ1) is 14.1. The van der Waals surface area contributed by atoms with Gasteiger partial charge < -0.3 is 10.1 Å². The number of anilines is 1. The molecule has 1 fully saturated rings. The highest BCUT2D eigenvalue weighted by Crippen LogP contribution is 2.27. The molecular formula is C12H12ClN3O4. The van der Waals surface area contributed by atoms with Crippen LogP contribution in [-0.4, -0.2) is 24.8 Å². The molecule has 0 atom stereocenters. The number of amides is 3. The zero-order valence-corrected chi connectivity index (χ0v) is 11.3. The standard InChI is InChI=1S/C12H12ClN3O4/c1-20-9-3-2-6(4-8(9)13)14-10(17)5-7-11(18)15-16-12(7)19/h2-4,7H,5H2,1H3,(H,14,17)(H,15,18)(H,16,19). The Morgan fingerprint density at radius 3 is 2.55 bits per heavy atom. The van der Waals surface area contributed by atoms with Gasteiger partial charge in [-0.05, 0) is 18.2 Å². The van der Waals surface area contributed by atoms with Crippen LogP contribution in [0.2, 0.25) is 5.02 Å². The molecule has 3 amide bonds. The van der Waals surface area contributed by atoms with Gasteiger partial charge in [-0.2, -0.15) is 0 Å². The maximum absolute atomic E-state index is 11.8. The number of carbonyl (C=O) groups excluding carboxylic acids is 3. The van der Waals surface area contributed by atoms with Crippen molar-refractivity contribution in [2.24, 2.45) is 5.92 Å². The van der Waals surface area contributed by atoms with E-state index in [-0.39, 0.29) is 6.42 Å². The van der Waals surface area contributed by atoms with Crippen LogP contribution < -0.4 is 20.9 Å². The van der Waals surface area contributed by atoms with E-state index in [1.54, 1.807) is 12.1 Å². The van der Waals surface area contributed by atoms with Crippen LogP contribution in [-0.2, 0) is 14.4 Å². The third kappa shape index (κ3) is 3.00. The third-order valence-electron chi connectivity index (χ3n) is 2.77. The molecule has 0 unspecified atom stereocenters. The van der Waals surface area contributed by atoms with Gasteiger partial charge in [0.15, 0.2) is 0 Å². The van der Waals surface area contributed by atoms with Gasteiger partial charge in [0.25, 0.3) is 11.8 Å². The van der Waals surface area contributed by atoms with Crippen LogP contribution in [0.3, 0.4) is 0 Å². The lowest BCUT2D eigenvalue weighted by Crippen LogP contribution is -2.28. The van der Waals surface area contributed by atoms with Crippen LogP contribution in [0.25, 0.3) is 0 Å². The van der Waals surface area contributed by atoms with Crippen LogP contribution >= 0.6 is 11.6 Å². The number of hydrogen-bond donors (Lipinski definition) is 3. The van der Waals surface area contributed by atoms with Crippen molar-refractivity contribution in [2.45, 2.75) is 6.42 Å². The number of methoxy groups -OCH3 is 1. The Morgan fingerprint density at radius 2 is 2.00 bits per heavy atom. The second kappa shape index (κ2) is 5.79. The number of carbonyl (C=O) groups is 3. The largest absolute Gasteiger partial charge is 0.495 e. The fraction of sp³-hybridized carbons (Fsp3) is 0.250. The lowest BCUT2D eigenvalue weighted by molar-refractivity contribution is -0.131. The molecule has 1 aliphatic heterocycles. The van der Waals surface area contributed by atoms with Crippen molar-refractivity contribution in [3.63, 3.8) is 0 Å². The van der Waals surface area contributed by atoms with Crippen molar-refractivity contribution in [2.75, 3.05) is 12.4 Å². The highest BCUT2D eigenvalue weighted by Gasteiger charge is 2.34. The molecule has 0 bridgehead atoms. The Kier molecular flexibility index (Phi) is 4.09. The summed E-state index contributed by atoms with van der Waals surface area (Å²) in [6.45, 7) is 0. The molecule has 106 valence electrons. The summed E-state index contributed by atoms with van der Waals surface area (Å²) in [7, 11) is 1.48. The summed E-state index contributed by atoms with van der Waals surface area (Å²) in [6, 6.07) is 4.73. The molecule has 0 spiro atoms. The third-order valence-corrected chi connectivity index (χ3v) is 3.06. The summed E-state index contributed by atoms with van der Waals surface area (Å²) >= 11 is 5.93. The van der Waals surface area contributed by atoms with Crippen molar-refractivity contribution in [1.82, 2.24) is 10.9 Å². The molecule has 3 N–H and O–H groups in total. The summed E-state index contributed by atoms with van der Waals surface area (Å²) in [4.78, 5) is 34.4. The fourth-order valence-electron chi connectivity index (χ4n) is 1.74. The molecule has 1 aliphatic rings. The Morgan fingerprint density at radius 1 is 1.35 bits per heavy atom. The van der Waals surface area contributed by atoms with Gasteiger partial charge in [0.1, 0.15) is 11.7 Å². The number of hydrogen-bond acceptors (Lipinski definition) is 4. The van der Waals surface area contributed by atoms with Gasteiger partial charge in [-0.3, -0.25) is 25.2 Å². The summed E-state index contributed by atoms with van der Waals surface area (Å²) in [5.74, 6) is -2.01. The normalized spacial score (nSPS) is 14.7. The van der Waals surface area contributed by atoms with E-state index in [0.717, 1.165) is 0 Å². The minimum Gasteiger partial charge on any atom is -0.495 e. The Bertz CT molecular complexity index is 560. The number of benzene rings is 1. The summed E-state index contributed by atoms with van der Waals surface area (Å²) in [5, 5.41) is 2.91. The van der Waals surface area contributed by atoms with E-state index >= 15 is 0 Å². The average Bonchev–Trinajstić information content (AvgIpc) is 2.71. The molecule has 0 radical (unpaired) electrons.